The molecule has 0 unspecified atom stereocenters. The van der Waals surface area contributed by atoms with E-state index in [-0.39, 0.29) is 6.61 Å². The molecule has 1 aromatic heterocycles. The van der Waals surface area contributed by atoms with Crippen molar-refractivity contribution in [3.05, 3.63) is 18.0 Å². The zero-order valence-corrected chi connectivity index (χ0v) is 8.35. The van der Waals surface area contributed by atoms with Crippen molar-refractivity contribution >= 4 is 10.4 Å². The number of hydrogen-bond acceptors (Lipinski definition) is 6. The minimum absolute atomic E-state index is 0.322. The maximum atomic E-state index is 8.74. The van der Waals surface area contributed by atoms with Crippen molar-refractivity contribution in [1.29, 1.82) is 0 Å². The summed E-state index contributed by atoms with van der Waals surface area (Å²) >= 11 is 0. The van der Waals surface area contributed by atoms with Gasteiger partial charge in [0.25, 0.3) is 0 Å². The third-order valence-electron chi connectivity index (χ3n) is 1.24. The van der Waals surface area contributed by atoms with E-state index >= 15 is 0 Å². The summed E-state index contributed by atoms with van der Waals surface area (Å²) in [7, 11) is -4.67. The molecule has 0 bridgehead atoms. The molecule has 10 heteroatoms. The molecule has 0 saturated heterocycles. The number of nitrogens with two attached hydrogens (primary N) is 2. The number of hydrogen-bond donors (Lipinski definition) is 6. The third kappa shape index (κ3) is 6.96. The number of aliphatic hydroxyl groups is 1. The van der Waals surface area contributed by atoms with Crippen LogP contribution in [0.2, 0.25) is 0 Å². The summed E-state index contributed by atoms with van der Waals surface area (Å²) in [5.74, 6) is 0. The van der Waals surface area contributed by atoms with Crippen molar-refractivity contribution in [1.82, 2.24) is 10.2 Å². The SMILES string of the molecule is NC(N)(CO)c1cc[nH]n1.O=S(=O)(O)O. The van der Waals surface area contributed by atoms with Crippen LogP contribution in [0.15, 0.2) is 12.3 Å². The lowest BCUT2D eigenvalue weighted by atomic mass is 10.1. The largest absolute Gasteiger partial charge is 0.394 e. The average Bonchev–Trinajstić information content (AvgIpc) is 2.53. The highest BCUT2D eigenvalue weighted by molar-refractivity contribution is 7.79. The molecule has 0 aromatic carbocycles. The van der Waals surface area contributed by atoms with Gasteiger partial charge in [-0.2, -0.15) is 13.5 Å². The topological polar surface area (TPSA) is 176 Å². The molecule has 1 rings (SSSR count). The van der Waals surface area contributed by atoms with Crippen LogP contribution in [0.3, 0.4) is 0 Å². The number of aliphatic hydroxyl groups excluding tert-OH is 1. The van der Waals surface area contributed by atoms with E-state index in [2.05, 4.69) is 10.2 Å². The van der Waals surface area contributed by atoms with Crippen LogP contribution >= 0.6 is 0 Å². The predicted molar refractivity (Wildman–Crippen MR) is 49.9 cm³/mol. The first-order chi connectivity index (χ1) is 6.67. The van der Waals surface area contributed by atoms with Gasteiger partial charge in [-0.3, -0.25) is 14.2 Å². The van der Waals surface area contributed by atoms with Crippen molar-refractivity contribution in [2.24, 2.45) is 11.5 Å². The molecule has 9 nitrogen and oxygen atoms in total. The van der Waals surface area contributed by atoms with Crippen molar-refractivity contribution in [3.63, 3.8) is 0 Å². The molecule has 0 amide bonds. The Morgan fingerprint density at radius 2 is 1.93 bits per heavy atom. The van der Waals surface area contributed by atoms with Gasteiger partial charge in [0.15, 0.2) is 0 Å². The molecule has 0 saturated carbocycles. The number of aromatic nitrogens is 2. The van der Waals surface area contributed by atoms with Crippen molar-refractivity contribution in [2.45, 2.75) is 5.66 Å². The first-order valence-corrected chi connectivity index (χ1v) is 4.95. The maximum absolute atomic E-state index is 8.74. The van der Waals surface area contributed by atoms with Crippen LogP contribution in [0, 0.1) is 0 Å². The van der Waals surface area contributed by atoms with Gasteiger partial charge in [-0.25, -0.2) is 0 Å². The fraction of sp³-hybridized carbons (Fsp3) is 0.400. The lowest BCUT2D eigenvalue weighted by Crippen LogP contribution is -2.49. The smallest absolute Gasteiger partial charge is 0.393 e. The molecule has 0 fully saturated rings. The van der Waals surface area contributed by atoms with Gasteiger partial charge < -0.3 is 16.6 Å². The summed E-state index contributed by atoms with van der Waals surface area (Å²) in [6.45, 7) is -0.322. The van der Waals surface area contributed by atoms with E-state index < -0.39 is 16.1 Å². The second-order valence-electron chi connectivity index (χ2n) is 2.61. The van der Waals surface area contributed by atoms with Crippen LogP contribution in [0.5, 0.6) is 0 Å². The van der Waals surface area contributed by atoms with Gasteiger partial charge in [-0.05, 0) is 6.07 Å². The first-order valence-electron chi connectivity index (χ1n) is 3.55. The van der Waals surface area contributed by atoms with Crippen molar-refractivity contribution in [3.8, 4) is 0 Å². The molecule has 15 heavy (non-hydrogen) atoms. The highest BCUT2D eigenvalue weighted by Crippen LogP contribution is 2.05. The van der Waals surface area contributed by atoms with E-state index in [4.69, 9.17) is 34.1 Å². The summed E-state index contributed by atoms with van der Waals surface area (Å²) < 4.78 is 31.6. The molecule has 1 aromatic rings. The Kier molecular flexibility index (Phi) is 4.80. The monoisotopic (exact) mass is 240 g/mol. The van der Waals surface area contributed by atoms with Crippen LogP contribution in [0.1, 0.15) is 5.69 Å². The van der Waals surface area contributed by atoms with E-state index in [1.54, 1.807) is 12.3 Å². The molecule has 0 aliphatic heterocycles. The van der Waals surface area contributed by atoms with E-state index in [9.17, 15) is 0 Å². The number of rotatable bonds is 2. The van der Waals surface area contributed by atoms with Crippen LogP contribution in [0.25, 0.3) is 0 Å². The van der Waals surface area contributed by atoms with E-state index in [0.717, 1.165) is 0 Å². The molecule has 88 valence electrons. The molecule has 1 heterocycles. The standard InChI is InChI=1S/C5H10N4O.H2O4S/c6-5(7,3-10)4-1-2-8-9-4;1-5(2,3)4/h1-2,10H,3,6-7H2,(H,8,9);(H2,1,2,3,4). The molecule has 0 radical (unpaired) electrons. The number of nitrogens with one attached hydrogen (secondary N) is 1. The van der Waals surface area contributed by atoms with Crippen LogP contribution in [0.4, 0.5) is 0 Å². The van der Waals surface area contributed by atoms with E-state index in [1.807, 2.05) is 0 Å². The zero-order valence-electron chi connectivity index (χ0n) is 7.53. The van der Waals surface area contributed by atoms with Crippen molar-refractivity contribution < 1.29 is 22.6 Å². The quantitative estimate of drug-likeness (QED) is 0.249. The predicted octanol–water partition coefficient (Wildman–Crippen LogP) is -2.18. The van der Waals surface area contributed by atoms with Crippen LogP contribution < -0.4 is 11.5 Å². The fourth-order valence-electron chi connectivity index (χ4n) is 0.601. The fourth-order valence-corrected chi connectivity index (χ4v) is 0.601. The maximum Gasteiger partial charge on any atom is 0.394 e. The summed E-state index contributed by atoms with van der Waals surface area (Å²) in [6, 6.07) is 1.62. The molecule has 0 aliphatic rings. The molecule has 0 atom stereocenters. The number of aromatic amines is 1. The van der Waals surface area contributed by atoms with Gasteiger partial charge in [-0.1, -0.05) is 0 Å². The highest BCUT2D eigenvalue weighted by atomic mass is 32.3. The Hall–Kier alpha value is -1.04. The van der Waals surface area contributed by atoms with Gasteiger partial charge >= 0.3 is 10.4 Å². The van der Waals surface area contributed by atoms with Crippen molar-refractivity contribution in [2.75, 3.05) is 6.61 Å². The summed E-state index contributed by atoms with van der Waals surface area (Å²) in [4.78, 5) is 0. The molecule has 0 spiro atoms. The lowest BCUT2D eigenvalue weighted by Gasteiger charge is -2.17. The summed E-state index contributed by atoms with van der Waals surface area (Å²) in [5, 5.41) is 14.9. The Morgan fingerprint density at radius 1 is 1.47 bits per heavy atom. The zero-order chi connectivity index (χ0) is 12.1. The molecule has 8 N–H and O–H groups in total. The summed E-state index contributed by atoms with van der Waals surface area (Å²) in [6.07, 6.45) is 1.60. The molecular formula is C5H12N4O5S. The number of nitrogens with zero attached hydrogens (tertiary/aromatic N) is 1. The Bertz CT molecular complexity index is 364. The van der Waals surface area contributed by atoms with Crippen LogP contribution in [-0.4, -0.2) is 39.4 Å². The van der Waals surface area contributed by atoms with Gasteiger partial charge in [0.2, 0.25) is 0 Å². The van der Waals surface area contributed by atoms with Gasteiger partial charge in [0, 0.05) is 6.20 Å². The van der Waals surface area contributed by atoms with Gasteiger partial charge in [-0.15, -0.1) is 0 Å². The Labute approximate surface area is 85.7 Å². The lowest BCUT2D eigenvalue weighted by molar-refractivity contribution is 0.197. The Morgan fingerprint density at radius 3 is 2.20 bits per heavy atom. The highest BCUT2D eigenvalue weighted by Gasteiger charge is 2.22. The van der Waals surface area contributed by atoms with E-state index in [1.165, 1.54) is 0 Å². The molecular weight excluding hydrogens is 228 g/mol. The second kappa shape index (κ2) is 5.16. The van der Waals surface area contributed by atoms with E-state index in [0.29, 0.717) is 5.69 Å². The number of H-pyrrole nitrogens is 1. The normalized spacial score (nSPS) is 11.8. The molecule has 0 aliphatic carbocycles. The van der Waals surface area contributed by atoms with Gasteiger partial charge in [0.1, 0.15) is 5.66 Å². The van der Waals surface area contributed by atoms with Gasteiger partial charge in [0.05, 0.1) is 12.3 Å². The first kappa shape index (κ1) is 14.0. The minimum atomic E-state index is -4.67. The minimum Gasteiger partial charge on any atom is -0.393 e. The summed E-state index contributed by atoms with van der Waals surface area (Å²) in [5.41, 5.74) is 10.1. The van der Waals surface area contributed by atoms with Crippen LogP contribution in [-0.2, 0) is 16.1 Å². The second-order valence-corrected chi connectivity index (χ2v) is 3.50. The third-order valence-corrected chi connectivity index (χ3v) is 1.24. The average molecular weight is 240 g/mol. The Balaban J connectivity index is 0.000000336.